The van der Waals surface area contributed by atoms with Crippen LogP contribution in [0, 0.1) is 0 Å². The lowest BCUT2D eigenvalue weighted by Gasteiger charge is -2.32. The second kappa shape index (κ2) is 6.10. The number of rotatable bonds is 4. The van der Waals surface area contributed by atoms with Crippen molar-refractivity contribution in [1.29, 1.82) is 0 Å². The molecule has 0 spiro atoms. The van der Waals surface area contributed by atoms with Crippen molar-refractivity contribution in [2.24, 2.45) is 5.73 Å². The van der Waals surface area contributed by atoms with E-state index in [0.717, 1.165) is 19.4 Å². The molecule has 0 unspecified atom stereocenters. The van der Waals surface area contributed by atoms with E-state index in [2.05, 4.69) is 29.2 Å². The highest BCUT2D eigenvalue weighted by molar-refractivity contribution is 5.80. The van der Waals surface area contributed by atoms with Crippen LogP contribution in [0.15, 0.2) is 60.7 Å². The number of carbonyl (C=O) groups excluding carboxylic acids is 1. The number of likely N-dealkylation sites (tertiary alicyclic amines) is 1. The van der Waals surface area contributed by atoms with E-state index in [9.17, 15) is 4.79 Å². The molecule has 1 aliphatic heterocycles. The van der Waals surface area contributed by atoms with Crippen molar-refractivity contribution in [1.82, 2.24) is 4.90 Å². The normalized spacial score (nSPS) is 19.0. The van der Waals surface area contributed by atoms with Crippen LogP contribution in [0.25, 0.3) is 0 Å². The van der Waals surface area contributed by atoms with Gasteiger partial charge in [-0.25, -0.2) is 0 Å². The molecule has 0 aliphatic carbocycles. The predicted octanol–water partition coefficient (Wildman–Crippen LogP) is 2.73. The first kappa shape index (κ1) is 13.8. The van der Waals surface area contributed by atoms with E-state index in [1.807, 2.05) is 36.4 Å². The minimum atomic E-state index is -0.218. The number of primary amides is 1. The molecule has 1 heterocycles. The van der Waals surface area contributed by atoms with Crippen molar-refractivity contribution >= 4 is 5.91 Å². The zero-order valence-electron chi connectivity index (χ0n) is 12.0. The number of hydrogen-bond acceptors (Lipinski definition) is 2. The van der Waals surface area contributed by atoms with Gasteiger partial charge in [-0.3, -0.25) is 9.69 Å². The molecule has 1 amide bonds. The summed E-state index contributed by atoms with van der Waals surface area (Å²) in [6, 6.07) is 20.6. The lowest BCUT2D eigenvalue weighted by molar-refractivity contribution is -0.122. The smallest absolute Gasteiger partial charge is 0.234 e. The summed E-state index contributed by atoms with van der Waals surface area (Å²) in [5.74, 6) is -0.218. The maximum Gasteiger partial charge on any atom is 0.234 e. The fourth-order valence-electron chi connectivity index (χ4n) is 3.25. The molecule has 0 bridgehead atoms. The average molecular weight is 280 g/mol. The minimum Gasteiger partial charge on any atom is -0.368 e. The third kappa shape index (κ3) is 2.83. The Morgan fingerprint density at radius 1 is 1.00 bits per heavy atom. The quantitative estimate of drug-likeness (QED) is 0.936. The first-order chi connectivity index (χ1) is 10.3. The van der Waals surface area contributed by atoms with E-state index in [4.69, 9.17) is 5.73 Å². The number of hydrogen-bond donors (Lipinski definition) is 1. The van der Waals surface area contributed by atoms with Crippen LogP contribution in [0.3, 0.4) is 0 Å². The molecule has 21 heavy (non-hydrogen) atoms. The van der Waals surface area contributed by atoms with Crippen LogP contribution >= 0.6 is 0 Å². The topological polar surface area (TPSA) is 46.3 Å². The number of nitrogens with two attached hydrogens (primary N) is 1. The summed E-state index contributed by atoms with van der Waals surface area (Å²) in [4.78, 5) is 14.0. The van der Waals surface area contributed by atoms with Gasteiger partial charge in [-0.1, -0.05) is 60.7 Å². The molecule has 3 rings (SSSR count). The third-order valence-electron chi connectivity index (χ3n) is 4.18. The molecule has 3 heteroatoms. The van der Waals surface area contributed by atoms with Crippen molar-refractivity contribution in [3.63, 3.8) is 0 Å². The summed E-state index contributed by atoms with van der Waals surface area (Å²) in [5, 5.41) is 0. The van der Waals surface area contributed by atoms with E-state index in [-0.39, 0.29) is 18.0 Å². The zero-order chi connectivity index (χ0) is 14.7. The van der Waals surface area contributed by atoms with E-state index in [0.29, 0.717) is 0 Å². The van der Waals surface area contributed by atoms with Gasteiger partial charge < -0.3 is 5.73 Å². The molecule has 0 radical (unpaired) electrons. The number of amides is 1. The molecule has 0 aromatic heterocycles. The van der Waals surface area contributed by atoms with Gasteiger partial charge in [-0.2, -0.15) is 0 Å². The Morgan fingerprint density at radius 2 is 1.52 bits per heavy atom. The van der Waals surface area contributed by atoms with Crippen LogP contribution in [-0.2, 0) is 4.79 Å². The van der Waals surface area contributed by atoms with Gasteiger partial charge in [0.1, 0.15) is 0 Å². The Labute approximate surface area is 125 Å². The largest absolute Gasteiger partial charge is 0.368 e. The fraction of sp³-hybridized carbons (Fsp3) is 0.278. The second-order valence-electron chi connectivity index (χ2n) is 5.52. The van der Waals surface area contributed by atoms with Crippen LogP contribution in [-0.4, -0.2) is 23.4 Å². The summed E-state index contributed by atoms with van der Waals surface area (Å²) >= 11 is 0. The Hall–Kier alpha value is -2.13. The molecule has 1 saturated heterocycles. The highest BCUT2D eigenvalue weighted by atomic mass is 16.1. The van der Waals surface area contributed by atoms with Gasteiger partial charge in [-0.05, 0) is 30.5 Å². The van der Waals surface area contributed by atoms with Gasteiger partial charge in [0.25, 0.3) is 0 Å². The number of nitrogens with zero attached hydrogens (tertiary/aromatic N) is 1. The van der Waals surface area contributed by atoms with E-state index < -0.39 is 0 Å². The molecule has 1 aliphatic rings. The molecule has 2 aromatic carbocycles. The molecule has 2 N–H and O–H groups in total. The number of benzene rings is 2. The van der Waals surface area contributed by atoms with Crippen LogP contribution in [0.2, 0.25) is 0 Å². The Balaban J connectivity index is 2.03. The zero-order valence-corrected chi connectivity index (χ0v) is 12.0. The summed E-state index contributed by atoms with van der Waals surface area (Å²) < 4.78 is 0. The lowest BCUT2D eigenvalue weighted by Crippen LogP contribution is -2.42. The average Bonchev–Trinajstić information content (AvgIpc) is 2.99. The van der Waals surface area contributed by atoms with E-state index >= 15 is 0 Å². The van der Waals surface area contributed by atoms with Crippen LogP contribution in [0.4, 0.5) is 0 Å². The van der Waals surface area contributed by atoms with Gasteiger partial charge in [0, 0.05) is 0 Å². The fourth-order valence-corrected chi connectivity index (χ4v) is 3.25. The van der Waals surface area contributed by atoms with E-state index in [1.54, 1.807) is 0 Å². The van der Waals surface area contributed by atoms with Gasteiger partial charge in [0.2, 0.25) is 5.91 Å². The molecule has 1 fully saturated rings. The summed E-state index contributed by atoms with van der Waals surface area (Å²) in [6.45, 7) is 0.905. The van der Waals surface area contributed by atoms with Gasteiger partial charge in [-0.15, -0.1) is 0 Å². The number of carbonyl (C=O) groups is 1. The maximum atomic E-state index is 11.8. The van der Waals surface area contributed by atoms with Gasteiger partial charge >= 0.3 is 0 Å². The minimum absolute atomic E-state index is 0.0902. The highest BCUT2D eigenvalue weighted by Gasteiger charge is 2.35. The molecule has 108 valence electrons. The second-order valence-corrected chi connectivity index (χ2v) is 5.52. The molecular weight excluding hydrogens is 260 g/mol. The molecule has 3 nitrogen and oxygen atoms in total. The Bertz CT molecular complexity index is 558. The summed E-state index contributed by atoms with van der Waals surface area (Å²) in [7, 11) is 0. The molecule has 1 atom stereocenters. The van der Waals surface area contributed by atoms with Crippen LogP contribution in [0.1, 0.15) is 30.0 Å². The van der Waals surface area contributed by atoms with E-state index in [1.165, 1.54) is 11.1 Å². The van der Waals surface area contributed by atoms with Crippen molar-refractivity contribution in [3.8, 4) is 0 Å². The maximum absolute atomic E-state index is 11.8. The monoisotopic (exact) mass is 280 g/mol. The van der Waals surface area contributed by atoms with Crippen molar-refractivity contribution in [2.75, 3.05) is 6.54 Å². The Kier molecular flexibility index (Phi) is 4.02. The van der Waals surface area contributed by atoms with Crippen LogP contribution in [0.5, 0.6) is 0 Å². The Morgan fingerprint density at radius 3 is 2.00 bits per heavy atom. The standard InChI is InChI=1S/C18H20N2O/c19-18(21)16-12-7-13-20(16)17(14-8-3-1-4-9-14)15-10-5-2-6-11-15/h1-6,8-11,16-17H,7,12-13H2,(H2,19,21)/t16-/m1/s1. The molecule has 0 saturated carbocycles. The lowest BCUT2D eigenvalue weighted by atomic mass is 9.96. The highest BCUT2D eigenvalue weighted by Crippen LogP contribution is 2.34. The van der Waals surface area contributed by atoms with Crippen LogP contribution < -0.4 is 5.73 Å². The van der Waals surface area contributed by atoms with Crippen molar-refractivity contribution < 1.29 is 4.79 Å². The molecular formula is C18H20N2O. The summed E-state index contributed by atoms with van der Waals surface area (Å²) in [6.07, 6.45) is 1.87. The van der Waals surface area contributed by atoms with Gasteiger partial charge in [0.05, 0.1) is 12.1 Å². The van der Waals surface area contributed by atoms with Gasteiger partial charge in [0.15, 0.2) is 0 Å². The first-order valence-electron chi connectivity index (χ1n) is 7.42. The third-order valence-corrected chi connectivity index (χ3v) is 4.18. The predicted molar refractivity (Wildman–Crippen MR) is 83.6 cm³/mol. The van der Waals surface area contributed by atoms with Crippen molar-refractivity contribution in [2.45, 2.75) is 24.9 Å². The molecule has 2 aromatic rings. The SMILES string of the molecule is NC(=O)[C@H]1CCCN1C(c1ccccc1)c1ccccc1. The summed E-state index contributed by atoms with van der Waals surface area (Å²) in [5.41, 5.74) is 8.01. The first-order valence-corrected chi connectivity index (χ1v) is 7.42. The van der Waals surface area contributed by atoms with Crippen molar-refractivity contribution in [3.05, 3.63) is 71.8 Å².